The predicted molar refractivity (Wildman–Crippen MR) is 97.0 cm³/mol. The standard InChI is InChI=1S/C20H26ClNO3/c1-19(24)8-15(9-19)18(23)22-11-20(12-22)4-3-13(10-20)14-5-16(21)7-17(6-14)25-2/h5-7,13,15,24H,3-4,8-12H2,1-2H3. The second kappa shape index (κ2) is 5.88. The van der Waals surface area contributed by atoms with Crippen LogP contribution in [0.25, 0.3) is 0 Å². The van der Waals surface area contributed by atoms with E-state index in [-0.39, 0.29) is 17.2 Å². The van der Waals surface area contributed by atoms with Crippen molar-refractivity contribution in [1.29, 1.82) is 0 Å². The molecule has 5 heteroatoms. The molecule has 3 aliphatic rings. The lowest BCUT2D eigenvalue weighted by Crippen LogP contribution is -2.61. The predicted octanol–water partition coefficient (Wildman–Crippen LogP) is 3.61. The zero-order valence-corrected chi connectivity index (χ0v) is 15.7. The van der Waals surface area contributed by atoms with Gasteiger partial charge in [0.1, 0.15) is 5.75 Å². The SMILES string of the molecule is COc1cc(Cl)cc(C2CCC3(C2)CN(C(=O)C2CC(C)(O)C2)C3)c1. The maximum atomic E-state index is 12.5. The Balaban J connectivity index is 1.36. The first kappa shape index (κ1) is 17.2. The summed E-state index contributed by atoms with van der Waals surface area (Å²) in [5.74, 6) is 1.58. The van der Waals surface area contributed by atoms with Gasteiger partial charge < -0.3 is 14.7 Å². The van der Waals surface area contributed by atoms with Gasteiger partial charge >= 0.3 is 0 Å². The number of ether oxygens (including phenoxy) is 1. The Morgan fingerprint density at radius 3 is 2.64 bits per heavy atom. The smallest absolute Gasteiger partial charge is 0.225 e. The minimum atomic E-state index is -0.632. The first-order valence-corrected chi connectivity index (χ1v) is 9.53. The molecular formula is C20H26ClNO3. The van der Waals surface area contributed by atoms with E-state index in [0.29, 0.717) is 18.8 Å². The molecule has 1 amide bonds. The van der Waals surface area contributed by atoms with Crippen molar-refractivity contribution < 1.29 is 14.6 Å². The van der Waals surface area contributed by atoms with Crippen LogP contribution >= 0.6 is 11.6 Å². The van der Waals surface area contributed by atoms with Crippen molar-refractivity contribution in [2.24, 2.45) is 11.3 Å². The van der Waals surface area contributed by atoms with Crippen LogP contribution in [-0.4, -0.2) is 41.7 Å². The van der Waals surface area contributed by atoms with Crippen LogP contribution < -0.4 is 4.74 Å². The van der Waals surface area contributed by atoms with E-state index in [1.54, 1.807) is 7.11 Å². The molecule has 1 N–H and O–H groups in total. The van der Waals surface area contributed by atoms with Crippen molar-refractivity contribution in [3.8, 4) is 5.75 Å². The van der Waals surface area contributed by atoms with Gasteiger partial charge in [0, 0.05) is 29.4 Å². The summed E-state index contributed by atoms with van der Waals surface area (Å²) < 4.78 is 5.34. The van der Waals surface area contributed by atoms with Crippen molar-refractivity contribution >= 4 is 17.5 Å². The topological polar surface area (TPSA) is 49.8 Å². The number of methoxy groups -OCH3 is 1. The highest BCUT2D eigenvalue weighted by molar-refractivity contribution is 6.30. The molecule has 25 heavy (non-hydrogen) atoms. The molecule has 2 aliphatic carbocycles. The molecule has 2 saturated carbocycles. The van der Waals surface area contributed by atoms with Gasteiger partial charge in [0.05, 0.1) is 12.7 Å². The monoisotopic (exact) mass is 363 g/mol. The fraction of sp³-hybridized carbons (Fsp3) is 0.650. The van der Waals surface area contributed by atoms with Crippen LogP contribution in [0.5, 0.6) is 5.75 Å². The van der Waals surface area contributed by atoms with E-state index in [1.165, 1.54) is 12.0 Å². The van der Waals surface area contributed by atoms with E-state index in [9.17, 15) is 9.90 Å². The van der Waals surface area contributed by atoms with Crippen molar-refractivity contribution in [2.75, 3.05) is 20.2 Å². The highest BCUT2D eigenvalue weighted by Crippen LogP contribution is 2.53. The fourth-order valence-corrected chi connectivity index (χ4v) is 5.30. The highest BCUT2D eigenvalue weighted by atomic mass is 35.5. The maximum absolute atomic E-state index is 12.5. The summed E-state index contributed by atoms with van der Waals surface area (Å²) in [5.41, 5.74) is 0.899. The Kier molecular flexibility index (Phi) is 4.04. The number of benzene rings is 1. The summed E-state index contributed by atoms with van der Waals surface area (Å²) in [6, 6.07) is 5.98. The minimum absolute atomic E-state index is 0.0294. The van der Waals surface area contributed by atoms with Crippen molar-refractivity contribution in [3.63, 3.8) is 0 Å². The molecular weight excluding hydrogens is 338 g/mol. The summed E-state index contributed by atoms with van der Waals surface area (Å²) in [4.78, 5) is 14.5. The summed E-state index contributed by atoms with van der Waals surface area (Å²) in [6.07, 6.45) is 4.64. The normalized spacial score (nSPS) is 33.0. The molecule has 136 valence electrons. The molecule has 1 aliphatic heterocycles. The fourth-order valence-electron chi connectivity index (χ4n) is 5.07. The lowest BCUT2D eigenvalue weighted by molar-refractivity contribution is -0.161. The van der Waals surface area contributed by atoms with Gasteiger partial charge in [-0.15, -0.1) is 0 Å². The molecule has 1 heterocycles. The van der Waals surface area contributed by atoms with Gasteiger partial charge in [-0.3, -0.25) is 4.79 Å². The van der Waals surface area contributed by atoms with Gasteiger partial charge in [-0.25, -0.2) is 0 Å². The van der Waals surface area contributed by atoms with Crippen molar-refractivity contribution in [2.45, 2.75) is 50.5 Å². The first-order chi connectivity index (χ1) is 11.8. The van der Waals surface area contributed by atoms with Crippen molar-refractivity contribution in [3.05, 3.63) is 28.8 Å². The summed E-state index contributed by atoms with van der Waals surface area (Å²) >= 11 is 6.22. The lowest BCUT2D eigenvalue weighted by Gasteiger charge is -2.52. The molecule has 4 rings (SSSR count). The third kappa shape index (κ3) is 3.15. The Hall–Kier alpha value is -1.26. The van der Waals surface area contributed by atoms with Gasteiger partial charge in [0.2, 0.25) is 5.91 Å². The molecule has 1 saturated heterocycles. The Morgan fingerprint density at radius 1 is 1.28 bits per heavy atom. The molecule has 1 aromatic carbocycles. The molecule has 0 radical (unpaired) electrons. The third-order valence-electron chi connectivity index (χ3n) is 6.39. The Morgan fingerprint density at radius 2 is 2.00 bits per heavy atom. The van der Waals surface area contributed by atoms with E-state index in [4.69, 9.17) is 16.3 Å². The second-order valence-corrected chi connectivity index (χ2v) is 9.10. The van der Waals surface area contributed by atoms with E-state index in [2.05, 4.69) is 6.07 Å². The number of amides is 1. The zero-order chi connectivity index (χ0) is 17.8. The van der Waals surface area contributed by atoms with Crippen LogP contribution in [0, 0.1) is 11.3 Å². The number of hydrogen-bond acceptors (Lipinski definition) is 3. The molecule has 0 aromatic heterocycles. The number of halogens is 1. The average Bonchev–Trinajstić information content (AvgIpc) is 2.95. The van der Waals surface area contributed by atoms with Crippen LogP contribution in [0.1, 0.15) is 50.5 Å². The van der Waals surface area contributed by atoms with Crippen LogP contribution in [0.15, 0.2) is 18.2 Å². The highest BCUT2D eigenvalue weighted by Gasteiger charge is 2.53. The number of carbonyl (C=O) groups excluding carboxylic acids is 1. The van der Waals surface area contributed by atoms with E-state index in [1.807, 2.05) is 24.0 Å². The van der Waals surface area contributed by atoms with Crippen LogP contribution in [-0.2, 0) is 4.79 Å². The number of nitrogens with zero attached hydrogens (tertiary/aromatic N) is 1. The molecule has 1 spiro atoms. The quantitative estimate of drug-likeness (QED) is 0.892. The summed E-state index contributed by atoms with van der Waals surface area (Å²) in [6.45, 7) is 3.56. The van der Waals surface area contributed by atoms with Gasteiger partial charge in [-0.05, 0) is 68.7 Å². The minimum Gasteiger partial charge on any atom is -0.497 e. The average molecular weight is 364 g/mol. The van der Waals surface area contributed by atoms with Gasteiger partial charge in [0.15, 0.2) is 0 Å². The number of hydrogen-bond donors (Lipinski definition) is 1. The maximum Gasteiger partial charge on any atom is 0.225 e. The number of aliphatic hydroxyl groups is 1. The zero-order valence-electron chi connectivity index (χ0n) is 14.9. The van der Waals surface area contributed by atoms with Crippen LogP contribution in [0.3, 0.4) is 0 Å². The molecule has 0 bridgehead atoms. The Bertz CT molecular complexity index is 688. The third-order valence-corrected chi connectivity index (χ3v) is 6.61. The van der Waals surface area contributed by atoms with Gasteiger partial charge in [-0.2, -0.15) is 0 Å². The van der Waals surface area contributed by atoms with E-state index < -0.39 is 5.60 Å². The van der Waals surface area contributed by atoms with Gasteiger partial charge in [0.25, 0.3) is 0 Å². The summed E-state index contributed by atoms with van der Waals surface area (Å²) in [7, 11) is 1.67. The first-order valence-electron chi connectivity index (χ1n) is 9.15. The van der Waals surface area contributed by atoms with E-state index >= 15 is 0 Å². The number of carbonyl (C=O) groups is 1. The molecule has 1 atom stereocenters. The van der Waals surface area contributed by atoms with Crippen LogP contribution in [0.2, 0.25) is 5.02 Å². The Labute approximate surface area is 154 Å². The molecule has 3 fully saturated rings. The largest absolute Gasteiger partial charge is 0.497 e. The van der Waals surface area contributed by atoms with Crippen molar-refractivity contribution in [1.82, 2.24) is 4.90 Å². The number of likely N-dealkylation sites (tertiary alicyclic amines) is 1. The molecule has 1 aromatic rings. The molecule has 1 unspecified atom stereocenters. The second-order valence-electron chi connectivity index (χ2n) is 8.66. The van der Waals surface area contributed by atoms with Gasteiger partial charge in [-0.1, -0.05) is 11.6 Å². The number of rotatable bonds is 3. The van der Waals surface area contributed by atoms with Crippen LogP contribution in [0.4, 0.5) is 0 Å². The van der Waals surface area contributed by atoms with E-state index in [0.717, 1.165) is 36.7 Å². The summed E-state index contributed by atoms with van der Waals surface area (Å²) in [5, 5.41) is 10.6. The molecule has 4 nitrogen and oxygen atoms in total. The lowest BCUT2D eigenvalue weighted by atomic mass is 9.69.